The summed E-state index contributed by atoms with van der Waals surface area (Å²) < 4.78 is 16.5. The van der Waals surface area contributed by atoms with Gasteiger partial charge in [-0.3, -0.25) is 0 Å². The lowest BCUT2D eigenvalue weighted by molar-refractivity contribution is -0.0337. The minimum Gasteiger partial charge on any atom is -0.496 e. The molecule has 3 nitrogen and oxygen atoms in total. The molecule has 1 saturated heterocycles. The van der Waals surface area contributed by atoms with Crippen LogP contribution >= 0.6 is 0 Å². The number of benzene rings is 1. The van der Waals surface area contributed by atoms with Gasteiger partial charge in [0.25, 0.3) is 0 Å². The second kappa shape index (κ2) is 2.89. The molecule has 0 aromatic heterocycles. The first-order chi connectivity index (χ1) is 6.90. The molecule has 1 aromatic rings. The van der Waals surface area contributed by atoms with Gasteiger partial charge in [0.15, 0.2) is 0 Å². The van der Waals surface area contributed by atoms with Gasteiger partial charge in [0, 0.05) is 5.56 Å². The van der Waals surface area contributed by atoms with Crippen molar-refractivity contribution < 1.29 is 14.2 Å². The topological polar surface area (TPSA) is 27.7 Å². The van der Waals surface area contributed by atoms with Crippen molar-refractivity contribution in [1.82, 2.24) is 0 Å². The number of rotatable bonds is 1. The summed E-state index contributed by atoms with van der Waals surface area (Å²) >= 11 is 0. The van der Waals surface area contributed by atoms with E-state index in [9.17, 15) is 0 Å². The van der Waals surface area contributed by atoms with Crippen molar-refractivity contribution >= 4 is 0 Å². The van der Waals surface area contributed by atoms with Gasteiger partial charge in [-0.1, -0.05) is 6.07 Å². The zero-order chi connectivity index (χ0) is 9.54. The van der Waals surface area contributed by atoms with Crippen molar-refractivity contribution in [2.75, 3.05) is 13.7 Å². The average Bonchev–Trinajstić information content (AvgIpc) is 2.75. The molecule has 2 aliphatic heterocycles. The average molecular weight is 192 g/mol. The Hall–Kier alpha value is -1.22. The summed E-state index contributed by atoms with van der Waals surface area (Å²) in [5.74, 6) is 2.20. The van der Waals surface area contributed by atoms with E-state index >= 15 is 0 Å². The molecular formula is C11H12O3. The van der Waals surface area contributed by atoms with Gasteiger partial charge in [-0.15, -0.1) is 0 Å². The molecule has 0 aliphatic carbocycles. The highest BCUT2D eigenvalue weighted by atomic mass is 16.7. The molecule has 0 unspecified atom stereocenters. The molecule has 3 heteroatoms. The zero-order valence-electron chi connectivity index (χ0n) is 8.03. The summed E-state index contributed by atoms with van der Waals surface area (Å²) in [5, 5.41) is 0. The van der Waals surface area contributed by atoms with E-state index in [1.54, 1.807) is 7.11 Å². The zero-order valence-corrected chi connectivity index (χ0v) is 8.03. The molecule has 0 spiro atoms. The number of methoxy groups -OCH3 is 1. The van der Waals surface area contributed by atoms with E-state index in [4.69, 9.17) is 14.2 Å². The van der Waals surface area contributed by atoms with Crippen LogP contribution in [0.5, 0.6) is 11.5 Å². The summed E-state index contributed by atoms with van der Waals surface area (Å²) in [6, 6.07) is 5.89. The van der Waals surface area contributed by atoms with Crippen molar-refractivity contribution in [2.45, 2.75) is 18.6 Å². The largest absolute Gasteiger partial charge is 0.496 e. The fourth-order valence-corrected chi connectivity index (χ4v) is 2.26. The van der Waals surface area contributed by atoms with Crippen LogP contribution in [0, 0.1) is 0 Å². The van der Waals surface area contributed by atoms with Gasteiger partial charge >= 0.3 is 0 Å². The molecule has 3 rings (SSSR count). The second-order valence-corrected chi connectivity index (χ2v) is 3.62. The molecule has 1 aromatic carbocycles. The molecule has 0 bridgehead atoms. The predicted molar refractivity (Wildman–Crippen MR) is 50.7 cm³/mol. The van der Waals surface area contributed by atoms with E-state index in [1.807, 2.05) is 18.2 Å². The molecule has 1 fully saturated rings. The smallest absolute Gasteiger partial charge is 0.207 e. The van der Waals surface area contributed by atoms with Gasteiger partial charge in [-0.2, -0.15) is 0 Å². The normalized spacial score (nSPS) is 28.1. The van der Waals surface area contributed by atoms with E-state index in [0.29, 0.717) is 5.92 Å². The summed E-state index contributed by atoms with van der Waals surface area (Å²) in [5.41, 5.74) is 1.18. The Balaban J connectivity index is 2.10. The Morgan fingerprint density at radius 1 is 1.43 bits per heavy atom. The van der Waals surface area contributed by atoms with Crippen LogP contribution < -0.4 is 9.47 Å². The van der Waals surface area contributed by atoms with Gasteiger partial charge in [0.1, 0.15) is 11.5 Å². The van der Waals surface area contributed by atoms with E-state index < -0.39 is 0 Å². The molecule has 0 N–H and O–H groups in total. The molecule has 0 saturated carbocycles. The van der Waals surface area contributed by atoms with Crippen LogP contribution in [-0.2, 0) is 4.74 Å². The Morgan fingerprint density at radius 2 is 2.36 bits per heavy atom. The van der Waals surface area contributed by atoms with Crippen LogP contribution in [0.2, 0.25) is 0 Å². The third kappa shape index (κ3) is 0.960. The highest BCUT2D eigenvalue weighted by molar-refractivity contribution is 5.50. The molecule has 0 amide bonds. The maximum absolute atomic E-state index is 5.67. The number of hydrogen-bond acceptors (Lipinski definition) is 3. The van der Waals surface area contributed by atoms with Gasteiger partial charge < -0.3 is 14.2 Å². The van der Waals surface area contributed by atoms with Crippen LogP contribution in [0.25, 0.3) is 0 Å². The fourth-order valence-electron chi connectivity index (χ4n) is 2.26. The minimum absolute atomic E-state index is 0.0821. The highest BCUT2D eigenvalue weighted by Gasteiger charge is 2.41. The number of hydrogen-bond donors (Lipinski definition) is 0. The highest BCUT2D eigenvalue weighted by Crippen LogP contribution is 2.48. The van der Waals surface area contributed by atoms with E-state index in [1.165, 1.54) is 5.56 Å². The van der Waals surface area contributed by atoms with Crippen LogP contribution in [0.4, 0.5) is 0 Å². The third-order valence-electron chi connectivity index (χ3n) is 2.90. The monoisotopic (exact) mass is 192 g/mol. The molecule has 2 heterocycles. The van der Waals surface area contributed by atoms with Gasteiger partial charge in [0.2, 0.25) is 6.29 Å². The van der Waals surface area contributed by atoms with Crippen molar-refractivity contribution in [2.24, 2.45) is 0 Å². The van der Waals surface area contributed by atoms with Crippen LogP contribution in [-0.4, -0.2) is 20.0 Å². The first kappa shape index (κ1) is 8.12. The molecule has 2 atom stereocenters. The van der Waals surface area contributed by atoms with Crippen molar-refractivity contribution in [1.29, 1.82) is 0 Å². The summed E-state index contributed by atoms with van der Waals surface area (Å²) in [6.07, 6.45) is 0.944. The lowest BCUT2D eigenvalue weighted by Crippen LogP contribution is -2.13. The van der Waals surface area contributed by atoms with Crippen LogP contribution in [0.1, 0.15) is 17.9 Å². The first-order valence-electron chi connectivity index (χ1n) is 4.85. The lowest BCUT2D eigenvalue weighted by Gasteiger charge is -2.08. The number of ether oxygens (including phenoxy) is 3. The Morgan fingerprint density at radius 3 is 3.21 bits per heavy atom. The Bertz CT molecular complexity index is 362. The maximum Gasteiger partial charge on any atom is 0.207 e. The van der Waals surface area contributed by atoms with E-state index in [0.717, 1.165) is 24.5 Å². The van der Waals surface area contributed by atoms with Gasteiger partial charge in [-0.25, -0.2) is 0 Å². The Labute approximate surface area is 82.6 Å². The maximum atomic E-state index is 5.67. The molecule has 14 heavy (non-hydrogen) atoms. The summed E-state index contributed by atoms with van der Waals surface area (Å²) in [6.45, 7) is 0.785. The van der Waals surface area contributed by atoms with Crippen LogP contribution in [0.3, 0.4) is 0 Å². The standard InChI is InChI=1S/C11H12O3/c1-12-8-3-2-4-9-10(8)7-5-6-13-11(7)14-9/h2-4,7,11H,5-6H2,1H3/t7-,11+/m0/s1. The number of fused-ring (bicyclic) bond motifs is 3. The van der Waals surface area contributed by atoms with Gasteiger partial charge in [0.05, 0.1) is 19.6 Å². The quantitative estimate of drug-likeness (QED) is 0.680. The molecule has 0 radical (unpaired) electrons. The Kier molecular flexibility index (Phi) is 1.67. The SMILES string of the molecule is COc1cccc2c1[C@@H]1CCO[C@@H]1O2. The molecule has 2 aliphatic rings. The lowest BCUT2D eigenvalue weighted by atomic mass is 9.98. The van der Waals surface area contributed by atoms with Crippen molar-refractivity contribution in [3.05, 3.63) is 23.8 Å². The van der Waals surface area contributed by atoms with Crippen LogP contribution in [0.15, 0.2) is 18.2 Å². The third-order valence-corrected chi connectivity index (χ3v) is 2.90. The van der Waals surface area contributed by atoms with Gasteiger partial charge in [-0.05, 0) is 18.6 Å². The van der Waals surface area contributed by atoms with E-state index in [2.05, 4.69) is 0 Å². The molecule has 74 valence electrons. The van der Waals surface area contributed by atoms with Crippen molar-refractivity contribution in [3.8, 4) is 11.5 Å². The van der Waals surface area contributed by atoms with Crippen molar-refractivity contribution in [3.63, 3.8) is 0 Å². The second-order valence-electron chi connectivity index (χ2n) is 3.62. The summed E-state index contributed by atoms with van der Waals surface area (Å²) in [7, 11) is 1.69. The van der Waals surface area contributed by atoms with E-state index in [-0.39, 0.29) is 6.29 Å². The predicted octanol–water partition coefficient (Wildman–Crippen LogP) is 1.92. The minimum atomic E-state index is -0.0821. The fraction of sp³-hybridized carbons (Fsp3) is 0.455. The molecular weight excluding hydrogens is 180 g/mol. The summed E-state index contributed by atoms with van der Waals surface area (Å²) in [4.78, 5) is 0. The first-order valence-corrected chi connectivity index (χ1v) is 4.85.